The molecule has 1 aromatic heterocycles. The summed E-state index contributed by atoms with van der Waals surface area (Å²) in [5.74, 6) is -1.20. The predicted octanol–water partition coefficient (Wildman–Crippen LogP) is 2.60. The fourth-order valence-electron chi connectivity index (χ4n) is 7.26. The molecule has 2 heterocycles. The molecule has 0 spiro atoms. The Kier molecular flexibility index (Phi) is 14.7. The van der Waals surface area contributed by atoms with Gasteiger partial charge in [-0.05, 0) is 69.6 Å². The molecule has 1 saturated carbocycles. The van der Waals surface area contributed by atoms with Gasteiger partial charge in [-0.3, -0.25) is 28.6 Å². The van der Waals surface area contributed by atoms with E-state index in [-0.39, 0.29) is 24.6 Å². The smallest absolute Gasteiger partial charge is 0.270 e. The molecule has 2 aliphatic rings. The van der Waals surface area contributed by atoms with Crippen LogP contribution in [0, 0.1) is 11.8 Å². The molecule has 15 heteroatoms. The van der Waals surface area contributed by atoms with Gasteiger partial charge in [0.25, 0.3) is 16.0 Å². The summed E-state index contributed by atoms with van der Waals surface area (Å²) in [6.45, 7) is 6.73. The van der Waals surface area contributed by atoms with E-state index >= 15 is 0 Å². The molecule has 14 nitrogen and oxygen atoms in total. The van der Waals surface area contributed by atoms with E-state index in [0.29, 0.717) is 30.2 Å². The Balaban J connectivity index is 0.00000122. The lowest BCUT2D eigenvalue weighted by atomic mass is 9.72. The Labute approximate surface area is 317 Å². The average Bonchev–Trinajstić information content (AvgIpc) is 3.09. The normalized spacial score (nSPS) is 20.6. The summed E-state index contributed by atoms with van der Waals surface area (Å²) in [7, 11) is -3.67. The number of nitrogens with one attached hydrogen (secondary N) is 3. The molecule has 0 radical (unpaired) electrons. The molecule has 294 valence electrons. The lowest BCUT2D eigenvalue weighted by Crippen LogP contribution is -2.61. The predicted molar refractivity (Wildman–Crippen MR) is 206 cm³/mol. The van der Waals surface area contributed by atoms with Crippen molar-refractivity contribution in [3.8, 4) is 0 Å². The van der Waals surface area contributed by atoms with Gasteiger partial charge in [0.1, 0.15) is 11.7 Å². The number of rotatable bonds is 12. The van der Waals surface area contributed by atoms with Crippen LogP contribution in [0.1, 0.15) is 75.3 Å². The molecule has 5 rings (SSSR count). The number of hydrogen-bond acceptors (Lipinski definition) is 9. The van der Waals surface area contributed by atoms with E-state index in [0.717, 1.165) is 36.6 Å². The van der Waals surface area contributed by atoms with Crippen molar-refractivity contribution in [1.29, 1.82) is 0 Å². The van der Waals surface area contributed by atoms with Crippen molar-refractivity contribution in [2.45, 2.75) is 95.5 Å². The Hall–Kier alpha value is -4.44. The number of para-hydroxylation sites is 1. The number of nitrogens with zero attached hydrogens (tertiary/aromatic N) is 2. The van der Waals surface area contributed by atoms with Crippen LogP contribution in [0.25, 0.3) is 10.9 Å². The van der Waals surface area contributed by atoms with Crippen LogP contribution in [0.3, 0.4) is 0 Å². The van der Waals surface area contributed by atoms with Crippen molar-refractivity contribution >= 4 is 44.6 Å². The number of β-amino-alcohol motifs (C(OH)–C–C–N with tert-alkyl or cyclic N) is 1. The molecule has 1 aliphatic carbocycles. The highest BCUT2D eigenvalue weighted by molar-refractivity contribution is 7.85. The number of likely N-dealkylation sites (tertiary alicyclic amines) is 1. The van der Waals surface area contributed by atoms with Gasteiger partial charge in [0.15, 0.2) is 0 Å². The maximum Gasteiger partial charge on any atom is 0.270 e. The number of piperidine rings is 1. The number of aliphatic hydroxyl groups is 1. The number of fused-ring (bicyclic) bond motifs is 2. The summed E-state index contributed by atoms with van der Waals surface area (Å²) < 4.78 is 25.9. The first-order valence-corrected chi connectivity index (χ1v) is 20.2. The third kappa shape index (κ3) is 13.4. The van der Waals surface area contributed by atoms with Crippen LogP contribution in [0.4, 0.5) is 0 Å². The monoisotopic (exact) mass is 766 g/mol. The maximum atomic E-state index is 13.8. The van der Waals surface area contributed by atoms with Crippen LogP contribution in [-0.4, -0.2) is 101 Å². The number of carbonyl (C=O) groups is 4. The number of amides is 4. The number of hydrogen-bond donors (Lipinski definition) is 6. The lowest BCUT2D eigenvalue weighted by Gasteiger charge is -2.47. The van der Waals surface area contributed by atoms with Crippen LogP contribution >= 0.6 is 0 Å². The first kappa shape index (κ1) is 42.3. The van der Waals surface area contributed by atoms with Crippen molar-refractivity contribution in [2.24, 2.45) is 17.6 Å². The largest absolute Gasteiger partial charge is 0.390 e. The Morgan fingerprint density at radius 1 is 0.944 bits per heavy atom. The van der Waals surface area contributed by atoms with Crippen molar-refractivity contribution in [2.75, 3.05) is 19.3 Å². The third-order valence-electron chi connectivity index (χ3n) is 9.67. The second kappa shape index (κ2) is 18.7. The molecule has 1 saturated heterocycles. The zero-order valence-electron chi connectivity index (χ0n) is 31.4. The molecule has 1 aliphatic heterocycles. The Morgan fingerprint density at radius 2 is 1.57 bits per heavy atom. The van der Waals surface area contributed by atoms with Gasteiger partial charge in [0, 0.05) is 24.0 Å². The minimum atomic E-state index is -3.67. The Morgan fingerprint density at radius 3 is 2.22 bits per heavy atom. The van der Waals surface area contributed by atoms with Crippen LogP contribution in [0.15, 0.2) is 66.7 Å². The van der Waals surface area contributed by atoms with E-state index in [2.05, 4.69) is 25.8 Å². The summed E-state index contributed by atoms with van der Waals surface area (Å²) in [4.78, 5) is 59.3. The molecular weight excluding hydrogens is 713 g/mol. The summed E-state index contributed by atoms with van der Waals surface area (Å²) in [5.41, 5.74) is 6.70. The van der Waals surface area contributed by atoms with Crippen molar-refractivity contribution in [3.63, 3.8) is 0 Å². The first-order valence-electron chi connectivity index (χ1n) is 18.3. The topological polar surface area (TPSA) is 221 Å². The molecule has 4 amide bonds. The highest BCUT2D eigenvalue weighted by Gasteiger charge is 2.42. The highest BCUT2D eigenvalue weighted by atomic mass is 32.2. The summed E-state index contributed by atoms with van der Waals surface area (Å²) in [5, 5.41) is 21.4. The van der Waals surface area contributed by atoms with Gasteiger partial charge in [0.05, 0.1) is 36.4 Å². The molecule has 6 atom stereocenters. The van der Waals surface area contributed by atoms with Crippen LogP contribution in [-0.2, 0) is 30.9 Å². The molecule has 0 bridgehead atoms. The van der Waals surface area contributed by atoms with Crippen molar-refractivity contribution in [1.82, 2.24) is 25.8 Å². The van der Waals surface area contributed by atoms with E-state index < -0.39 is 64.0 Å². The summed E-state index contributed by atoms with van der Waals surface area (Å²) in [6.07, 6.45) is 4.75. The number of nitrogens with two attached hydrogens (primary N) is 1. The van der Waals surface area contributed by atoms with Gasteiger partial charge in [-0.2, -0.15) is 8.42 Å². The average molecular weight is 767 g/mol. The van der Waals surface area contributed by atoms with E-state index in [1.54, 1.807) is 18.2 Å². The van der Waals surface area contributed by atoms with Gasteiger partial charge < -0.3 is 26.8 Å². The second-order valence-electron chi connectivity index (χ2n) is 15.4. The minimum Gasteiger partial charge on any atom is -0.390 e. The molecule has 2 aromatic carbocycles. The van der Waals surface area contributed by atoms with Gasteiger partial charge >= 0.3 is 0 Å². The fraction of sp³-hybridized carbons (Fsp3) is 0.513. The van der Waals surface area contributed by atoms with E-state index in [1.807, 2.05) is 69.3 Å². The van der Waals surface area contributed by atoms with Crippen molar-refractivity contribution in [3.05, 3.63) is 78.0 Å². The number of benzene rings is 2. The second-order valence-corrected chi connectivity index (χ2v) is 16.9. The molecule has 54 heavy (non-hydrogen) atoms. The number of pyridine rings is 1. The van der Waals surface area contributed by atoms with Crippen molar-refractivity contribution < 1.29 is 37.3 Å². The molecule has 2 fully saturated rings. The molecule has 7 N–H and O–H groups in total. The molecule has 1 unspecified atom stereocenters. The van der Waals surface area contributed by atoms with Crippen LogP contribution < -0.4 is 21.7 Å². The number of carbonyl (C=O) groups excluding carboxylic acids is 4. The van der Waals surface area contributed by atoms with Gasteiger partial charge in [-0.15, -0.1) is 0 Å². The van der Waals surface area contributed by atoms with Gasteiger partial charge in [-0.1, -0.05) is 73.9 Å². The van der Waals surface area contributed by atoms with E-state index in [1.165, 1.54) is 6.42 Å². The number of aliphatic hydroxyl groups excluding tert-OH is 1. The quantitative estimate of drug-likeness (QED) is 0.148. The summed E-state index contributed by atoms with van der Waals surface area (Å²) >= 11 is 0. The van der Waals surface area contributed by atoms with Crippen LogP contribution in [0.5, 0.6) is 0 Å². The lowest BCUT2D eigenvalue weighted by molar-refractivity contribution is -0.133. The van der Waals surface area contributed by atoms with Crippen LogP contribution in [0.2, 0.25) is 0 Å². The standard InChI is InChI=1S/C38H50N6O5.CH4O3S/c1-38(2,3)43-37(49)32-20-26-14-7-8-15-27(26)22-44(32)23-33(45)30(19-24-11-5-4-6-12-24)41-36(48)31(21-34(39)46)42-35(47)29-18-17-25-13-9-10-16-28(25)40-29;1-5(2,3)4/h4-6,9-13,16-18,26-27,30-33,45H,7-8,14-15,19-23H2,1-3H3,(H2,39,46)(H,41,48)(H,42,47)(H,43,49);1H3,(H,2,3,4)/t26-,27+,30-,31+,32-,33?;/m0./s1. The van der Waals surface area contributed by atoms with Gasteiger partial charge in [-0.25, -0.2) is 4.98 Å². The summed E-state index contributed by atoms with van der Waals surface area (Å²) in [6, 6.07) is 17.6. The zero-order valence-corrected chi connectivity index (χ0v) is 32.2. The third-order valence-corrected chi connectivity index (χ3v) is 9.67. The zero-order chi connectivity index (χ0) is 39.6. The van der Waals surface area contributed by atoms with E-state index in [4.69, 9.17) is 10.3 Å². The maximum absolute atomic E-state index is 13.8. The number of aromatic nitrogens is 1. The number of primary amides is 1. The minimum absolute atomic E-state index is 0.0566. The SMILES string of the molecule is CC(C)(C)NC(=O)[C@@H]1C[C@@H]2CCCC[C@@H]2CN1CC(O)[C@H](Cc1ccccc1)NC(=O)[C@@H](CC(N)=O)NC(=O)c1ccc2ccccc2n1.CS(=O)(=O)O. The molecular formula is C39H54N6O8S. The van der Waals surface area contributed by atoms with Gasteiger partial charge in [0.2, 0.25) is 17.7 Å². The first-order chi connectivity index (χ1) is 25.4. The fourth-order valence-corrected chi connectivity index (χ4v) is 7.26. The Bertz CT molecular complexity index is 1860. The highest BCUT2D eigenvalue weighted by Crippen LogP contribution is 2.39. The molecule has 3 aromatic rings. The van der Waals surface area contributed by atoms with E-state index in [9.17, 15) is 32.7 Å².